The third-order valence-electron chi connectivity index (χ3n) is 2.63. The van der Waals surface area contributed by atoms with E-state index in [1.165, 1.54) is 0 Å². The smallest absolute Gasteiger partial charge is 0.108 e. The molecule has 0 fully saturated rings. The lowest BCUT2D eigenvalue weighted by atomic mass is 10.1. The molecule has 3 N–H and O–H groups in total. The van der Waals surface area contributed by atoms with Gasteiger partial charge in [-0.3, -0.25) is 0 Å². The number of nitrogens with one attached hydrogen (secondary N) is 1. The Kier molecular flexibility index (Phi) is 3.46. The van der Waals surface area contributed by atoms with Gasteiger partial charge in [-0.05, 0) is 18.6 Å². The number of benzene rings is 1. The van der Waals surface area contributed by atoms with Crippen LogP contribution in [-0.4, -0.2) is 16.0 Å². The number of halogens is 1. The monoisotopic (exact) mass is 237 g/mol. The van der Waals surface area contributed by atoms with Crippen LogP contribution in [0.15, 0.2) is 18.2 Å². The SMILES string of the molecule is CCCC(N)Cc1nc2c(Cl)cccc2[nH]1. The summed E-state index contributed by atoms with van der Waals surface area (Å²) in [5.41, 5.74) is 7.80. The highest BCUT2D eigenvalue weighted by atomic mass is 35.5. The van der Waals surface area contributed by atoms with Gasteiger partial charge >= 0.3 is 0 Å². The maximum absolute atomic E-state index is 6.05. The number of rotatable bonds is 4. The fourth-order valence-corrected chi connectivity index (χ4v) is 2.08. The number of hydrogen-bond donors (Lipinski definition) is 2. The molecule has 86 valence electrons. The summed E-state index contributed by atoms with van der Waals surface area (Å²) in [5, 5.41) is 0.684. The van der Waals surface area contributed by atoms with Crippen molar-refractivity contribution in [1.29, 1.82) is 0 Å². The fourth-order valence-electron chi connectivity index (χ4n) is 1.87. The van der Waals surface area contributed by atoms with E-state index in [9.17, 15) is 0 Å². The number of aromatic nitrogens is 2. The molecule has 0 saturated carbocycles. The van der Waals surface area contributed by atoms with Crippen LogP contribution >= 0.6 is 11.6 Å². The molecular formula is C12H16ClN3. The maximum Gasteiger partial charge on any atom is 0.108 e. The second kappa shape index (κ2) is 4.85. The first-order valence-corrected chi connectivity index (χ1v) is 5.97. The van der Waals surface area contributed by atoms with Crippen LogP contribution in [0.3, 0.4) is 0 Å². The van der Waals surface area contributed by atoms with Crippen molar-refractivity contribution in [2.45, 2.75) is 32.2 Å². The van der Waals surface area contributed by atoms with Crippen LogP contribution in [0.5, 0.6) is 0 Å². The van der Waals surface area contributed by atoms with Gasteiger partial charge in [0.25, 0.3) is 0 Å². The van der Waals surface area contributed by atoms with Crippen molar-refractivity contribution >= 4 is 22.6 Å². The van der Waals surface area contributed by atoms with E-state index in [0.29, 0.717) is 5.02 Å². The average molecular weight is 238 g/mol. The molecule has 3 nitrogen and oxygen atoms in total. The van der Waals surface area contributed by atoms with E-state index < -0.39 is 0 Å². The average Bonchev–Trinajstić information content (AvgIpc) is 2.62. The minimum Gasteiger partial charge on any atom is -0.342 e. The second-order valence-corrected chi connectivity index (χ2v) is 4.48. The normalized spacial score (nSPS) is 13.2. The number of imidazole rings is 1. The molecule has 0 aliphatic rings. The second-order valence-electron chi connectivity index (χ2n) is 4.07. The molecule has 1 aromatic heterocycles. The first-order chi connectivity index (χ1) is 7.70. The van der Waals surface area contributed by atoms with Crippen LogP contribution in [0.2, 0.25) is 5.02 Å². The Bertz CT molecular complexity index is 478. The van der Waals surface area contributed by atoms with Gasteiger partial charge in [-0.1, -0.05) is 31.0 Å². The summed E-state index contributed by atoms with van der Waals surface area (Å²) in [7, 11) is 0. The van der Waals surface area contributed by atoms with Gasteiger partial charge in [0.1, 0.15) is 11.3 Å². The zero-order valence-corrected chi connectivity index (χ0v) is 10.1. The summed E-state index contributed by atoms with van der Waals surface area (Å²) >= 11 is 6.05. The molecular weight excluding hydrogens is 222 g/mol. The van der Waals surface area contributed by atoms with E-state index in [0.717, 1.165) is 36.1 Å². The third-order valence-corrected chi connectivity index (χ3v) is 2.93. The van der Waals surface area contributed by atoms with Gasteiger partial charge in [0, 0.05) is 12.5 Å². The Morgan fingerprint density at radius 2 is 2.31 bits per heavy atom. The zero-order valence-electron chi connectivity index (χ0n) is 9.33. The van der Waals surface area contributed by atoms with E-state index in [4.69, 9.17) is 17.3 Å². The lowest BCUT2D eigenvalue weighted by molar-refractivity contribution is 0.588. The molecule has 4 heteroatoms. The summed E-state index contributed by atoms with van der Waals surface area (Å²) in [5.74, 6) is 0.920. The molecule has 0 radical (unpaired) electrons. The van der Waals surface area contributed by atoms with Crippen molar-refractivity contribution < 1.29 is 0 Å². The highest BCUT2D eigenvalue weighted by Crippen LogP contribution is 2.21. The van der Waals surface area contributed by atoms with Crippen LogP contribution in [0.25, 0.3) is 11.0 Å². The quantitative estimate of drug-likeness (QED) is 0.859. The van der Waals surface area contributed by atoms with Crippen molar-refractivity contribution in [2.24, 2.45) is 5.73 Å². The van der Waals surface area contributed by atoms with Crippen LogP contribution in [0, 0.1) is 0 Å². The summed E-state index contributed by atoms with van der Waals surface area (Å²) in [6.45, 7) is 2.13. The number of nitrogens with two attached hydrogens (primary N) is 1. The molecule has 0 saturated heterocycles. The Hall–Kier alpha value is -1.06. The standard InChI is InChI=1S/C12H16ClN3/c1-2-4-8(14)7-11-15-10-6-3-5-9(13)12(10)16-11/h3,5-6,8H,2,4,7,14H2,1H3,(H,15,16). The molecule has 2 aromatic rings. The van der Waals surface area contributed by atoms with Gasteiger partial charge in [-0.2, -0.15) is 0 Å². The molecule has 1 unspecified atom stereocenters. The molecule has 0 spiro atoms. The number of aromatic amines is 1. The van der Waals surface area contributed by atoms with E-state index in [1.54, 1.807) is 0 Å². The predicted molar refractivity (Wildman–Crippen MR) is 67.7 cm³/mol. The number of nitrogens with zero attached hydrogens (tertiary/aromatic N) is 1. The Labute approximate surface area is 100 Å². The van der Waals surface area contributed by atoms with Gasteiger partial charge in [0.15, 0.2) is 0 Å². The minimum absolute atomic E-state index is 0.171. The molecule has 1 atom stereocenters. The number of para-hydroxylation sites is 1. The molecule has 0 amide bonds. The van der Waals surface area contributed by atoms with Crippen molar-refractivity contribution in [3.8, 4) is 0 Å². The Balaban J connectivity index is 2.23. The maximum atomic E-state index is 6.05. The van der Waals surface area contributed by atoms with Crippen molar-refractivity contribution in [3.05, 3.63) is 29.0 Å². The number of H-pyrrole nitrogens is 1. The summed E-state index contributed by atoms with van der Waals surface area (Å²) in [6.07, 6.45) is 2.89. The highest BCUT2D eigenvalue weighted by Gasteiger charge is 2.09. The molecule has 1 aromatic carbocycles. The van der Waals surface area contributed by atoms with Crippen LogP contribution in [0.4, 0.5) is 0 Å². The van der Waals surface area contributed by atoms with Crippen molar-refractivity contribution in [3.63, 3.8) is 0 Å². The minimum atomic E-state index is 0.171. The van der Waals surface area contributed by atoms with Gasteiger partial charge in [0.05, 0.1) is 10.5 Å². The van der Waals surface area contributed by atoms with Crippen LogP contribution in [0.1, 0.15) is 25.6 Å². The summed E-state index contributed by atoms with van der Waals surface area (Å²) in [6, 6.07) is 5.91. The van der Waals surface area contributed by atoms with E-state index in [-0.39, 0.29) is 6.04 Å². The van der Waals surface area contributed by atoms with Crippen molar-refractivity contribution in [1.82, 2.24) is 9.97 Å². The number of hydrogen-bond acceptors (Lipinski definition) is 2. The van der Waals surface area contributed by atoms with E-state index >= 15 is 0 Å². The van der Waals surface area contributed by atoms with E-state index in [1.807, 2.05) is 18.2 Å². The third kappa shape index (κ3) is 2.36. The molecule has 1 heterocycles. The first-order valence-electron chi connectivity index (χ1n) is 5.59. The van der Waals surface area contributed by atoms with Crippen LogP contribution < -0.4 is 5.73 Å². The summed E-state index contributed by atoms with van der Waals surface area (Å²) < 4.78 is 0. The highest BCUT2D eigenvalue weighted by molar-refractivity contribution is 6.34. The predicted octanol–water partition coefficient (Wildman–Crippen LogP) is 2.89. The van der Waals surface area contributed by atoms with E-state index in [2.05, 4.69) is 16.9 Å². The van der Waals surface area contributed by atoms with Gasteiger partial charge in [-0.15, -0.1) is 0 Å². The Morgan fingerprint density at radius 3 is 3.00 bits per heavy atom. The Morgan fingerprint density at radius 1 is 1.50 bits per heavy atom. The first kappa shape index (κ1) is 11.4. The zero-order chi connectivity index (χ0) is 11.5. The molecule has 0 aliphatic carbocycles. The van der Waals surface area contributed by atoms with Crippen molar-refractivity contribution in [2.75, 3.05) is 0 Å². The van der Waals surface area contributed by atoms with Gasteiger partial charge < -0.3 is 10.7 Å². The molecule has 0 bridgehead atoms. The number of fused-ring (bicyclic) bond motifs is 1. The van der Waals surface area contributed by atoms with Gasteiger partial charge in [-0.25, -0.2) is 4.98 Å². The summed E-state index contributed by atoms with van der Waals surface area (Å²) in [4.78, 5) is 7.72. The lowest BCUT2D eigenvalue weighted by Gasteiger charge is -2.06. The molecule has 2 rings (SSSR count). The molecule has 0 aliphatic heterocycles. The lowest BCUT2D eigenvalue weighted by Crippen LogP contribution is -2.22. The topological polar surface area (TPSA) is 54.7 Å². The fraction of sp³-hybridized carbons (Fsp3) is 0.417. The van der Waals surface area contributed by atoms with Gasteiger partial charge in [0.2, 0.25) is 0 Å². The molecule has 16 heavy (non-hydrogen) atoms. The largest absolute Gasteiger partial charge is 0.342 e. The van der Waals surface area contributed by atoms with Crippen LogP contribution in [-0.2, 0) is 6.42 Å².